The van der Waals surface area contributed by atoms with Gasteiger partial charge in [-0.05, 0) is 140 Å². The minimum Gasteiger partial charge on any atom is -0.366 e. The van der Waals surface area contributed by atoms with Gasteiger partial charge < -0.3 is 34.4 Å². The number of benzene rings is 1. The molecule has 0 unspecified atom stereocenters. The monoisotopic (exact) mass is 996 g/mol. The summed E-state index contributed by atoms with van der Waals surface area (Å²) in [6.45, 7) is 8.49. The Balaban J connectivity index is 0.714. The highest BCUT2D eigenvalue weighted by Gasteiger charge is 2.57. The first-order valence-electron chi connectivity index (χ1n) is 27.5. The number of halogens is 1. The van der Waals surface area contributed by atoms with Crippen LogP contribution in [0.15, 0.2) is 48.9 Å². The minimum absolute atomic E-state index is 0.0640. The number of carbonyl (C=O) groups is 5. The Morgan fingerprint density at radius 1 is 0.822 bits per heavy atom. The average Bonchev–Trinajstić information content (AvgIpc) is 4.07. The van der Waals surface area contributed by atoms with Crippen molar-refractivity contribution in [3.05, 3.63) is 60.0 Å². The highest BCUT2D eigenvalue weighted by Crippen LogP contribution is 2.53. The van der Waals surface area contributed by atoms with Crippen LogP contribution in [0.25, 0.3) is 22.3 Å². The first-order valence-corrected chi connectivity index (χ1v) is 27.5. The second-order valence-electron chi connectivity index (χ2n) is 23.0. The number of alkyl halides is 1. The summed E-state index contributed by atoms with van der Waals surface area (Å²) >= 11 is 0. The van der Waals surface area contributed by atoms with Crippen LogP contribution in [0.4, 0.5) is 21.7 Å². The van der Waals surface area contributed by atoms with Gasteiger partial charge in [0.25, 0.3) is 0 Å². The van der Waals surface area contributed by atoms with Gasteiger partial charge >= 0.3 is 0 Å². The third kappa shape index (κ3) is 8.64. The predicted octanol–water partition coefficient (Wildman–Crippen LogP) is 6.89. The first-order chi connectivity index (χ1) is 35.4. The zero-order chi connectivity index (χ0) is 50.2. The van der Waals surface area contributed by atoms with Crippen molar-refractivity contribution in [2.24, 2.45) is 11.3 Å². The molecule has 1 atom stereocenters. The van der Waals surface area contributed by atoms with Gasteiger partial charge in [0, 0.05) is 93.2 Å². The molecule has 0 radical (unpaired) electrons. The van der Waals surface area contributed by atoms with Crippen molar-refractivity contribution in [1.82, 2.24) is 39.5 Å². The molecule has 5 amide bonds. The van der Waals surface area contributed by atoms with E-state index in [1.165, 1.54) is 19.3 Å². The molecule has 5 saturated heterocycles. The normalized spacial score (nSPS) is 25.6. The second-order valence-corrected chi connectivity index (χ2v) is 23.0. The molecule has 2 aliphatic carbocycles. The van der Waals surface area contributed by atoms with E-state index in [1.54, 1.807) is 6.20 Å². The van der Waals surface area contributed by atoms with Gasteiger partial charge in [-0.2, -0.15) is 0 Å². The Hall–Kier alpha value is -5.97. The summed E-state index contributed by atoms with van der Waals surface area (Å²) in [5.74, 6) is 0.540. The van der Waals surface area contributed by atoms with E-state index in [1.807, 2.05) is 28.3 Å². The fraction of sp³-hybridized carbons (Fsp3) is 0.607. The van der Waals surface area contributed by atoms with Crippen molar-refractivity contribution in [2.75, 3.05) is 74.1 Å². The average molecular weight is 996 g/mol. The highest BCUT2D eigenvalue weighted by atomic mass is 19.1. The summed E-state index contributed by atoms with van der Waals surface area (Å²) in [5.41, 5.74) is 4.45. The SMILES string of the molecule is CC(C)n1cnc2cc(-c3ccc4c(c3)N(C3CC(N5CCCCC5)C3)C(=O)C43CCN(C(=O)C4(CF)CCN(C(=O)C5CCN(c6ccc([C@H]7CCC(=O)NC7=O)cn6)CC5)CC4)CC3)nc(NC3CC3)c21. The maximum atomic E-state index is 15.4. The maximum absolute atomic E-state index is 15.4. The predicted molar refractivity (Wildman–Crippen MR) is 276 cm³/mol. The van der Waals surface area contributed by atoms with Crippen LogP contribution in [0.1, 0.15) is 133 Å². The van der Waals surface area contributed by atoms with E-state index in [0.29, 0.717) is 89.9 Å². The minimum atomic E-state index is -1.20. The molecule has 17 heteroatoms. The van der Waals surface area contributed by atoms with Crippen LogP contribution in [-0.4, -0.2) is 141 Å². The molecular formula is C56H70FN11O5. The lowest BCUT2D eigenvalue weighted by atomic mass is 9.72. The Bertz CT molecular complexity index is 2790. The van der Waals surface area contributed by atoms with Crippen LogP contribution in [0, 0.1) is 11.3 Å². The molecule has 73 heavy (non-hydrogen) atoms. The maximum Gasteiger partial charge on any atom is 0.238 e. The van der Waals surface area contributed by atoms with Crippen molar-refractivity contribution in [1.29, 1.82) is 0 Å². The summed E-state index contributed by atoms with van der Waals surface area (Å²) in [5, 5.41) is 6.10. The second kappa shape index (κ2) is 19.1. The number of anilines is 3. The third-order valence-electron chi connectivity index (χ3n) is 18.3. The topological polar surface area (TPSA) is 169 Å². The van der Waals surface area contributed by atoms with Gasteiger partial charge in [0.15, 0.2) is 5.82 Å². The van der Waals surface area contributed by atoms with E-state index in [9.17, 15) is 19.2 Å². The third-order valence-corrected chi connectivity index (χ3v) is 18.3. The molecule has 7 fully saturated rings. The molecule has 6 aliphatic heterocycles. The number of likely N-dealkylation sites (tertiary alicyclic amines) is 3. The molecule has 1 aromatic carbocycles. The molecule has 386 valence electrons. The smallest absolute Gasteiger partial charge is 0.238 e. The number of fused-ring (bicyclic) bond motifs is 3. The van der Waals surface area contributed by atoms with Gasteiger partial charge in [0.2, 0.25) is 29.5 Å². The highest BCUT2D eigenvalue weighted by molar-refractivity contribution is 6.09. The van der Waals surface area contributed by atoms with Crippen molar-refractivity contribution in [3.8, 4) is 11.3 Å². The van der Waals surface area contributed by atoms with Crippen LogP contribution in [0.3, 0.4) is 0 Å². The van der Waals surface area contributed by atoms with Gasteiger partial charge in [0.05, 0.1) is 34.3 Å². The van der Waals surface area contributed by atoms with E-state index in [4.69, 9.17) is 9.97 Å². The summed E-state index contributed by atoms with van der Waals surface area (Å²) < 4.78 is 17.6. The summed E-state index contributed by atoms with van der Waals surface area (Å²) in [4.78, 5) is 93.1. The number of pyridine rings is 2. The zero-order valence-corrected chi connectivity index (χ0v) is 42.5. The lowest BCUT2D eigenvalue weighted by molar-refractivity contribution is -0.153. The number of imidazole rings is 1. The quantitative estimate of drug-likeness (QED) is 0.150. The lowest BCUT2D eigenvalue weighted by Crippen LogP contribution is -2.59. The van der Waals surface area contributed by atoms with Crippen LogP contribution in [0.2, 0.25) is 0 Å². The molecule has 2 saturated carbocycles. The fourth-order valence-electron chi connectivity index (χ4n) is 13.5. The number of imide groups is 1. The number of aromatic nitrogens is 4. The van der Waals surface area contributed by atoms with E-state index < -0.39 is 23.4 Å². The van der Waals surface area contributed by atoms with Gasteiger partial charge in [0.1, 0.15) is 18.0 Å². The number of nitrogens with zero attached hydrogens (tertiary/aromatic N) is 9. The number of piperidine rings is 5. The Morgan fingerprint density at radius 2 is 1.56 bits per heavy atom. The first kappa shape index (κ1) is 48.0. The van der Waals surface area contributed by atoms with E-state index >= 15 is 9.18 Å². The Labute approximate surface area is 426 Å². The standard InChI is InChI=1S/C56H70FN11O5/c1-35(2)67-34-59-45-31-44(61-50(49(45)67)60-39-8-9-39)37-6-11-43-46(28-37)68(41-29-40(30-41)63-20-4-3-5-21-63)54(73)56(43)18-26-66(27-19-56)53(72)55(33-57)16-24-65(25-17-55)52(71)36-14-22-64(23-15-36)47-12-7-38(32-58-47)42-10-13-48(69)62-51(42)70/h6-7,11-12,28,31-32,34-36,39-42H,3-5,8-10,13-27,29-30,33H2,1-2H3,(H,60,61)(H,62,69,70)/t40?,41?,42-/m1/s1. The molecular weight excluding hydrogens is 926 g/mol. The van der Waals surface area contributed by atoms with E-state index in [0.717, 1.165) is 89.5 Å². The Morgan fingerprint density at radius 3 is 2.23 bits per heavy atom. The van der Waals surface area contributed by atoms with Crippen molar-refractivity contribution in [3.63, 3.8) is 0 Å². The van der Waals surface area contributed by atoms with Crippen LogP contribution < -0.4 is 20.4 Å². The van der Waals surface area contributed by atoms with Gasteiger partial charge in [-0.15, -0.1) is 0 Å². The summed E-state index contributed by atoms with van der Waals surface area (Å²) in [6, 6.07) is 13.5. The number of carbonyl (C=O) groups excluding carboxylic acids is 5. The van der Waals surface area contributed by atoms with Gasteiger partial charge in [-0.1, -0.05) is 24.6 Å². The fourth-order valence-corrected chi connectivity index (χ4v) is 13.5. The van der Waals surface area contributed by atoms with Crippen molar-refractivity contribution >= 4 is 57.9 Å². The van der Waals surface area contributed by atoms with Gasteiger partial charge in [-0.3, -0.25) is 29.3 Å². The molecule has 12 rings (SSSR count). The molecule has 1 spiro atoms. The van der Waals surface area contributed by atoms with Crippen LogP contribution in [-0.2, 0) is 29.4 Å². The van der Waals surface area contributed by atoms with Gasteiger partial charge in [-0.25, -0.2) is 19.3 Å². The summed E-state index contributed by atoms with van der Waals surface area (Å²) in [6.07, 6.45) is 15.1. The number of nitrogens with one attached hydrogen (secondary N) is 2. The number of rotatable bonds is 11. The van der Waals surface area contributed by atoms with Crippen LogP contribution in [0.5, 0.6) is 0 Å². The lowest BCUT2D eigenvalue weighted by Gasteiger charge is -2.48. The number of hydrogen-bond donors (Lipinski definition) is 2. The number of amides is 5. The zero-order valence-electron chi connectivity index (χ0n) is 42.5. The summed E-state index contributed by atoms with van der Waals surface area (Å²) in [7, 11) is 0. The molecule has 8 aliphatic rings. The molecule has 9 heterocycles. The van der Waals surface area contributed by atoms with Crippen LogP contribution >= 0.6 is 0 Å². The van der Waals surface area contributed by atoms with E-state index in [2.05, 4.69) is 73.0 Å². The van der Waals surface area contributed by atoms with E-state index in [-0.39, 0.29) is 60.4 Å². The molecule has 0 bridgehead atoms. The number of hydrogen-bond acceptors (Lipinski definition) is 11. The molecule has 16 nitrogen and oxygen atoms in total. The molecule has 2 N–H and O–H groups in total. The Kier molecular flexibility index (Phi) is 12.5. The van der Waals surface area contributed by atoms with Crippen molar-refractivity contribution in [2.45, 2.75) is 146 Å². The molecule has 3 aromatic heterocycles. The van der Waals surface area contributed by atoms with Crippen molar-refractivity contribution < 1.29 is 28.4 Å². The molecule has 4 aromatic rings. The largest absolute Gasteiger partial charge is 0.366 e.